The number of benzene rings is 1. The van der Waals surface area contributed by atoms with Crippen molar-refractivity contribution in [3.63, 3.8) is 0 Å². The molecular weight excluding hydrogens is 545 g/mol. The van der Waals surface area contributed by atoms with Crippen molar-refractivity contribution in [2.45, 2.75) is 38.5 Å². The van der Waals surface area contributed by atoms with E-state index in [-0.39, 0.29) is 17.5 Å². The van der Waals surface area contributed by atoms with Crippen LogP contribution in [-0.4, -0.2) is 58.9 Å². The topological polar surface area (TPSA) is 70.8 Å². The van der Waals surface area contributed by atoms with Crippen molar-refractivity contribution in [1.29, 1.82) is 0 Å². The van der Waals surface area contributed by atoms with Gasteiger partial charge in [-0.2, -0.15) is 0 Å². The molecule has 0 N–H and O–H groups in total. The van der Waals surface area contributed by atoms with E-state index in [1.807, 2.05) is 18.5 Å². The molecule has 1 saturated heterocycles. The minimum absolute atomic E-state index is 0.108. The number of hydrogen-bond acceptors (Lipinski definition) is 6. The first-order valence-electron chi connectivity index (χ1n) is 12.8. The molecule has 0 aliphatic carbocycles. The molecule has 0 unspecified atom stereocenters. The summed E-state index contributed by atoms with van der Waals surface area (Å²) < 4.78 is 42.3. The number of imidazole rings is 1. The molecule has 202 valence electrons. The highest BCUT2D eigenvalue weighted by Gasteiger charge is 2.29. The van der Waals surface area contributed by atoms with Gasteiger partial charge in [0.25, 0.3) is 0 Å². The summed E-state index contributed by atoms with van der Waals surface area (Å²) in [4.78, 5) is 11.8. The molecule has 0 spiro atoms. The Morgan fingerprint density at radius 1 is 1.13 bits per heavy atom. The smallest absolute Gasteiger partial charge is 0.214 e. The zero-order valence-electron chi connectivity index (χ0n) is 21.5. The molecular formula is C27H31ClFN5O2S2. The maximum Gasteiger partial charge on any atom is 0.214 e. The Morgan fingerprint density at radius 2 is 1.87 bits per heavy atom. The fraction of sp³-hybridized carbons (Fsp3) is 0.407. The zero-order chi connectivity index (χ0) is 26.9. The van der Waals surface area contributed by atoms with E-state index < -0.39 is 10.0 Å². The van der Waals surface area contributed by atoms with E-state index in [4.69, 9.17) is 21.6 Å². The van der Waals surface area contributed by atoms with Crippen LogP contribution in [0.5, 0.6) is 0 Å². The molecule has 7 nitrogen and oxygen atoms in total. The number of thiazole rings is 1. The first-order chi connectivity index (χ1) is 18.3. The molecule has 0 amide bonds. The van der Waals surface area contributed by atoms with Crippen molar-refractivity contribution >= 4 is 49.6 Å². The Labute approximate surface area is 232 Å². The summed E-state index contributed by atoms with van der Waals surface area (Å²) in [6.07, 6.45) is 4.94. The summed E-state index contributed by atoms with van der Waals surface area (Å²) in [5.74, 6) is 1.43. The Hall–Kier alpha value is -2.53. The molecule has 5 rings (SSSR count). The van der Waals surface area contributed by atoms with E-state index >= 15 is 0 Å². The Balaban J connectivity index is 1.40. The summed E-state index contributed by atoms with van der Waals surface area (Å²) in [5.41, 5.74) is 4.69. The number of fused-ring (bicyclic) bond motifs is 1. The average Bonchev–Trinajstić information content (AvgIpc) is 3.57. The molecule has 38 heavy (non-hydrogen) atoms. The number of rotatable bonds is 9. The van der Waals surface area contributed by atoms with Gasteiger partial charge in [0.2, 0.25) is 10.0 Å². The first kappa shape index (κ1) is 27.1. The van der Waals surface area contributed by atoms with Crippen LogP contribution in [0.15, 0.2) is 48.0 Å². The van der Waals surface area contributed by atoms with Crippen molar-refractivity contribution in [3.05, 3.63) is 65.0 Å². The van der Waals surface area contributed by atoms with Crippen LogP contribution in [0.3, 0.4) is 0 Å². The Kier molecular flexibility index (Phi) is 8.04. The number of pyridine rings is 1. The van der Waals surface area contributed by atoms with Gasteiger partial charge in [-0.1, -0.05) is 13.0 Å². The van der Waals surface area contributed by atoms with Crippen LogP contribution in [0.2, 0.25) is 0 Å². The van der Waals surface area contributed by atoms with Gasteiger partial charge in [-0.3, -0.25) is 4.40 Å². The molecule has 4 aromatic rings. The fourth-order valence-electron chi connectivity index (χ4n) is 5.03. The average molecular weight is 576 g/mol. The predicted octanol–water partition coefficient (Wildman–Crippen LogP) is 6.07. The number of alkyl halides is 1. The largest absolute Gasteiger partial charge is 0.305 e. The van der Waals surface area contributed by atoms with E-state index in [0.29, 0.717) is 25.4 Å². The van der Waals surface area contributed by atoms with E-state index in [0.717, 1.165) is 52.8 Å². The number of halogens is 2. The van der Waals surface area contributed by atoms with Crippen molar-refractivity contribution in [2.24, 2.45) is 0 Å². The molecule has 1 aliphatic heterocycles. The summed E-state index contributed by atoms with van der Waals surface area (Å²) in [6, 6.07) is 10.5. The predicted molar refractivity (Wildman–Crippen MR) is 153 cm³/mol. The molecule has 1 aromatic carbocycles. The number of piperidine rings is 1. The lowest BCUT2D eigenvalue weighted by Gasteiger charge is -2.31. The molecule has 0 bridgehead atoms. The van der Waals surface area contributed by atoms with Gasteiger partial charge in [0, 0.05) is 43.2 Å². The van der Waals surface area contributed by atoms with Gasteiger partial charge in [-0.05, 0) is 67.5 Å². The highest BCUT2D eigenvalue weighted by atomic mass is 35.5. The van der Waals surface area contributed by atoms with Crippen LogP contribution in [0, 0.1) is 5.82 Å². The summed E-state index contributed by atoms with van der Waals surface area (Å²) >= 11 is 7.24. The second kappa shape index (κ2) is 11.3. The second-order valence-corrected chi connectivity index (χ2v) is 12.8. The minimum Gasteiger partial charge on any atom is -0.305 e. The molecule has 0 radical (unpaired) electrons. The van der Waals surface area contributed by atoms with E-state index in [1.54, 1.807) is 16.4 Å². The van der Waals surface area contributed by atoms with Gasteiger partial charge < -0.3 is 4.90 Å². The van der Waals surface area contributed by atoms with Crippen LogP contribution in [-0.2, 0) is 16.4 Å². The van der Waals surface area contributed by atoms with Gasteiger partial charge >= 0.3 is 0 Å². The monoisotopic (exact) mass is 575 g/mol. The van der Waals surface area contributed by atoms with Gasteiger partial charge in [-0.15, -0.1) is 22.9 Å². The van der Waals surface area contributed by atoms with Gasteiger partial charge in [0.05, 0.1) is 17.1 Å². The van der Waals surface area contributed by atoms with Crippen molar-refractivity contribution in [3.8, 4) is 11.3 Å². The number of sulfonamides is 1. The number of aromatic nitrogens is 3. The molecule has 3 aromatic heterocycles. The fourth-order valence-corrected chi connectivity index (χ4v) is 7.65. The highest BCUT2D eigenvalue weighted by Crippen LogP contribution is 2.35. The van der Waals surface area contributed by atoms with Crippen LogP contribution >= 0.6 is 22.9 Å². The third-order valence-corrected chi connectivity index (χ3v) is 10.3. The lowest BCUT2D eigenvalue weighted by Crippen LogP contribution is -2.39. The number of anilines is 2. The number of nitrogens with zero attached hydrogens (tertiary/aromatic N) is 5. The summed E-state index contributed by atoms with van der Waals surface area (Å²) in [6.45, 7) is 3.14. The molecule has 4 heterocycles. The Bertz CT molecular complexity index is 1510. The van der Waals surface area contributed by atoms with Gasteiger partial charge in [0.15, 0.2) is 5.13 Å². The lowest BCUT2D eigenvalue weighted by molar-refractivity contribution is 0.319. The zero-order valence-corrected chi connectivity index (χ0v) is 23.9. The molecule has 1 aliphatic rings. The first-order valence-corrected chi connectivity index (χ1v) is 15.8. The minimum atomic E-state index is -3.25. The van der Waals surface area contributed by atoms with Crippen LogP contribution in [0.25, 0.3) is 16.9 Å². The Morgan fingerprint density at radius 3 is 2.55 bits per heavy atom. The SMILES string of the molecule is CCc1nc2ccc(C3CCN(S(=O)(=O)CCCCl)CC3)cn2c1N(C)c1nc(-c2ccc(F)cc2)cs1. The molecule has 1 fully saturated rings. The summed E-state index contributed by atoms with van der Waals surface area (Å²) in [5, 5.41) is 2.80. The van der Waals surface area contributed by atoms with E-state index in [9.17, 15) is 12.8 Å². The maximum atomic E-state index is 13.4. The van der Waals surface area contributed by atoms with E-state index in [2.05, 4.69) is 28.5 Å². The lowest BCUT2D eigenvalue weighted by atomic mass is 9.91. The number of aryl methyl sites for hydroxylation is 1. The van der Waals surface area contributed by atoms with Crippen LogP contribution in [0.4, 0.5) is 15.3 Å². The third kappa shape index (κ3) is 5.45. The van der Waals surface area contributed by atoms with Crippen LogP contribution < -0.4 is 4.90 Å². The normalized spacial score (nSPS) is 15.4. The summed E-state index contributed by atoms with van der Waals surface area (Å²) in [7, 11) is -1.26. The highest BCUT2D eigenvalue weighted by molar-refractivity contribution is 7.89. The van der Waals surface area contributed by atoms with Crippen molar-refractivity contribution < 1.29 is 12.8 Å². The van der Waals surface area contributed by atoms with Crippen LogP contribution in [0.1, 0.15) is 43.4 Å². The molecule has 11 heteroatoms. The van der Waals surface area contributed by atoms with Gasteiger partial charge in [-0.25, -0.2) is 27.1 Å². The standard InChI is InChI=1S/C27H31ClFN5O2S2/c1-3-23-26(32(2)27-31-24(18-37-27)20-5-8-22(29)9-6-20)34-17-21(7-10-25(34)30-23)19-11-14-33(15-12-19)38(35,36)16-4-13-28/h5-10,17-19H,3-4,11-16H2,1-2H3. The van der Waals surface area contributed by atoms with E-state index in [1.165, 1.54) is 29.0 Å². The van der Waals surface area contributed by atoms with Crippen molar-refractivity contribution in [1.82, 2.24) is 18.7 Å². The molecule has 0 saturated carbocycles. The van der Waals surface area contributed by atoms with Crippen molar-refractivity contribution in [2.75, 3.05) is 36.7 Å². The van der Waals surface area contributed by atoms with Gasteiger partial charge in [0.1, 0.15) is 17.3 Å². The quantitative estimate of drug-likeness (QED) is 0.227. The third-order valence-electron chi connectivity index (χ3n) is 7.11. The maximum absolute atomic E-state index is 13.4. The number of hydrogen-bond donors (Lipinski definition) is 0. The molecule has 0 atom stereocenters. The second-order valence-electron chi connectivity index (χ2n) is 9.54.